The van der Waals surface area contributed by atoms with Crippen LogP contribution in [0.15, 0.2) is 0 Å². The molecule has 2 atom stereocenters. The normalized spacial score (nSPS) is 31.1. The predicted octanol–water partition coefficient (Wildman–Crippen LogP) is 0.925. The van der Waals surface area contributed by atoms with Crippen molar-refractivity contribution in [3.05, 3.63) is 0 Å². The molecule has 0 aromatic rings. The lowest BCUT2D eigenvalue weighted by Gasteiger charge is -2.15. The van der Waals surface area contributed by atoms with Gasteiger partial charge in [0.15, 0.2) is 6.29 Å². The molecule has 84 valence electrons. The van der Waals surface area contributed by atoms with Gasteiger partial charge in [-0.2, -0.15) is 0 Å². The van der Waals surface area contributed by atoms with Crippen LogP contribution in [0.25, 0.3) is 0 Å². The first-order chi connectivity index (χ1) is 6.66. The molecule has 0 bridgehead atoms. The van der Waals surface area contributed by atoms with Gasteiger partial charge in [-0.05, 0) is 20.8 Å². The zero-order chi connectivity index (χ0) is 10.6. The highest BCUT2D eigenvalue weighted by Gasteiger charge is 2.52. The lowest BCUT2D eigenvalue weighted by molar-refractivity contribution is -0.141. The van der Waals surface area contributed by atoms with E-state index < -0.39 is 0 Å². The quantitative estimate of drug-likeness (QED) is 0.495. The highest BCUT2D eigenvalue weighted by atomic mass is 16.7. The fraction of sp³-hybridized carbons (Fsp3) is 1.00. The van der Waals surface area contributed by atoms with Crippen molar-refractivity contribution < 1.29 is 19.3 Å². The van der Waals surface area contributed by atoms with Crippen LogP contribution < -0.4 is 0 Å². The third-order valence-electron chi connectivity index (χ3n) is 2.46. The van der Waals surface area contributed by atoms with Crippen LogP contribution in [0.3, 0.4) is 0 Å². The number of hydrogen-bond acceptors (Lipinski definition) is 4. The van der Waals surface area contributed by atoms with Crippen LogP contribution in [-0.2, 0) is 14.2 Å². The van der Waals surface area contributed by atoms with Gasteiger partial charge in [0.25, 0.3) is 0 Å². The second-order valence-electron chi connectivity index (χ2n) is 3.65. The Kier molecular flexibility index (Phi) is 4.31. The van der Waals surface area contributed by atoms with Crippen LogP contribution in [0.4, 0.5) is 0 Å². The summed E-state index contributed by atoms with van der Waals surface area (Å²) in [5, 5.41) is 9.00. The zero-order valence-corrected chi connectivity index (χ0v) is 9.16. The summed E-state index contributed by atoms with van der Waals surface area (Å²) in [6.45, 7) is 7.09. The van der Waals surface area contributed by atoms with Gasteiger partial charge in [0.1, 0.15) is 5.60 Å². The molecule has 1 fully saturated rings. The molecule has 0 saturated carbocycles. The van der Waals surface area contributed by atoms with Gasteiger partial charge in [-0.15, -0.1) is 0 Å². The Bertz CT molecular complexity index is 168. The SMILES string of the molecule is CCOC(C[C@@H]1O[C@]1(C)CO)OCC. The van der Waals surface area contributed by atoms with E-state index in [9.17, 15) is 0 Å². The second-order valence-corrected chi connectivity index (χ2v) is 3.65. The Balaban J connectivity index is 2.27. The molecule has 0 amide bonds. The van der Waals surface area contributed by atoms with Gasteiger partial charge in [0.2, 0.25) is 0 Å². The first kappa shape index (κ1) is 11.9. The van der Waals surface area contributed by atoms with E-state index in [1.807, 2.05) is 20.8 Å². The molecule has 1 saturated heterocycles. The molecular weight excluding hydrogens is 184 g/mol. The lowest BCUT2D eigenvalue weighted by Crippen LogP contribution is -2.23. The minimum Gasteiger partial charge on any atom is -0.393 e. The smallest absolute Gasteiger partial charge is 0.160 e. The van der Waals surface area contributed by atoms with E-state index in [1.165, 1.54) is 0 Å². The maximum atomic E-state index is 9.00. The van der Waals surface area contributed by atoms with Gasteiger partial charge in [-0.25, -0.2) is 0 Å². The fourth-order valence-electron chi connectivity index (χ4n) is 1.46. The number of aliphatic hydroxyl groups is 1. The zero-order valence-electron chi connectivity index (χ0n) is 9.16. The van der Waals surface area contributed by atoms with Crippen LogP contribution in [-0.4, -0.2) is 42.9 Å². The molecule has 1 N–H and O–H groups in total. The summed E-state index contributed by atoms with van der Waals surface area (Å²) in [6.07, 6.45) is 0.553. The molecule has 0 aromatic heterocycles. The number of hydrogen-bond donors (Lipinski definition) is 1. The van der Waals surface area contributed by atoms with Crippen LogP contribution in [0.2, 0.25) is 0 Å². The highest BCUT2D eigenvalue weighted by molar-refractivity contribution is 4.98. The lowest BCUT2D eigenvalue weighted by atomic mass is 10.1. The average molecular weight is 204 g/mol. The maximum Gasteiger partial charge on any atom is 0.160 e. The standard InChI is InChI=1S/C10H20O4/c1-4-12-9(13-5-2)6-8-10(3,7-11)14-8/h8-9,11H,4-7H2,1-3H3/t8-,10+/m0/s1. The van der Waals surface area contributed by atoms with Gasteiger partial charge in [0.05, 0.1) is 12.7 Å². The van der Waals surface area contributed by atoms with Crippen molar-refractivity contribution in [2.24, 2.45) is 0 Å². The van der Waals surface area contributed by atoms with Crippen molar-refractivity contribution in [3.8, 4) is 0 Å². The van der Waals surface area contributed by atoms with Gasteiger partial charge in [0, 0.05) is 19.6 Å². The molecule has 1 aliphatic heterocycles. The topological polar surface area (TPSA) is 51.2 Å². The minimum atomic E-state index is -0.369. The van der Waals surface area contributed by atoms with Gasteiger partial charge < -0.3 is 19.3 Å². The third kappa shape index (κ3) is 2.92. The molecular formula is C10H20O4. The summed E-state index contributed by atoms with van der Waals surface area (Å²) in [4.78, 5) is 0. The molecule has 14 heavy (non-hydrogen) atoms. The minimum absolute atomic E-state index is 0.0582. The Morgan fingerprint density at radius 3 is 2.29 bits per heavy atom. The Morgan fingerprint density at radius 1 is 1.36 bits per heavy atom. The summed E-state index contributed by atoms with van der Waals surface area (Å²) in [7, 11) is 0. The van der Waals surface area contributed by atoms with E-state index in [-0.39, 0.29) is 24.6 Å². The van der Waals surface area contributed by atoms with Crippen LogP contribution in [0.1, 0.15) is 27.2 Å². The fourth-order valence-corrected chi connectivity index (χ4v) is 1.46. The van der Waals surface area contributed by atoms with E-state index in [2.05, 4.69) is 0 Å². The van der Waals surface area contributed by atoms with E-state index in [1.54, 1.807) is 0 Å². The number of ether oxygens (including phenoxy) is 3. The molecule has 0 spiro atoms. The molecule has 1 heterocycles. The molecule has 1 aliphatic rings. The van der Waals surface area contributed by atoms with E-state index in [0.29, 0.717) is 19.6 Å². The van der Waals surface area contributed by atoms with Crippen molar-refractivity contribution in [3.63, 3.8) is 0 Å². The Morgan fingerprint density at radius 2 is 1.93 bits per heavy atom. The van der Waals surface area contributed by atoms with Crippen LogP contribution >= 0.6 is 0 Å². The van der Waals surface area contributed by atoms with E-state index in [0.717, 1.165) is 0 Å². The Labute approximate surface area is 85.2 Å². The van der Waals surface area contributed by atoms with Crippen molar-refractivity contribution in [1.29, 1.82) is 0 Å². The molecule has 0 aliphatic carbocycles. The van der Waals surface area contributed by atoms with Crippen molar-refractivity contribution in [1.82, 2.24) is 0 Å². The van der Waals surface area contributed by atoms with Crippen molar-refractivity contribution in [2.75, 3.05) is 19.8 Å². The summed E-state index contributed by atoms with van der Waals surface area (Å²) in [6, 6.07) is 0. The largest absolute Gasteiger partial charge is 0.393 e. The van der Waals surface area contributed by atoms with E-state index >= 15 is 0 Å². The molecule has 4 heteroatoms. The average Bonchev–Trinajstić information content (AvgIpc) is 2.79. The summed E-state index contributed by atoms with van der Waals surface area (Å²) in [5.74, 6) is 0. The molecule has 1 rings (SSSR count). The van der Waals surface area contributed by atoms with Gasteiger partial charge in [-0.1, -0.05) is 0 Å². The first-order valence-electron chi connectivity index (χ1n) is 5.18. The van der Waals surface area contributed by atoms with Gasteiger partial charge in [-0.3, -0.25) is 0 Å². The molecule has 0 radical (unpaired) electrons. The third-order valence-corrected chi connectivity index (χ3v) is 2.46. The monoisotopic (exact) mass is 204 g/mol. The summed E-state index contributed by atoms with van der Waals surface area (Å²) in [5.41, 5.74) is -0.369. The number of rotatable bonds is 7. The molecule has 0 unspecified atom stereocenters. The maximum absolute atomic E-state index is 9.00. The van der Waals surface area contributed by atoms with Crippen molar-refractivity contribution in [2.45, 2.75) is 45.2 Å². The molecule has 4 nitrogen and oxygen atoms in total. The predicted molar refractivity (Wildman–Crippen MR) is 52.0 cm³/mol. The summed E-state index contributed by atoms with van der Waals surface area (Å²) >= 11 is 0. The van der Waals surface area contributed by atoms with Gasteiger partial charge >= 0.3 is 0 Å². The van der Waals surface area contributed by atoms with Crippen LogP contribution in [0.5, 0.6) is 0 Å². The second kappa shape index (κ2) is 5.07. The number of aliphatic hydroxyl groups excluding tert-OH is 1. The highest BCUT2D eigenvalue weighted by Crippen LogP contribution is 2.39. The van der Waals surface area contributed by atoms with Crippen molar-refractivity contribution >= 4 is 0 Å². The molecule has 0 aromatic carbocycles. The summed E-state index contributed by atoms with van der Waals surface area (Å²) < 4.78 is 16.1. The first-order valence-corrected chi connectivity index (χ1v) is 5.18. The van der Waals surface area contributed by atoms with E-state index in [4.69, 9.17) is 19.3 Å². The Hall–Kier alpha value is -0.160. The van der Waals surface area contributed by atoms with Crippen LogP contribution in [0, 0.1) is 0 Å². The number of epoxide rings is 1.